The van der Waals surface area contributed by atoms with Gasteiger partial charge in [-0.25, -0.2) is 9.18 Å². The van der Waals surface area contributed by atoms with Crippen LogP contribution in [0.25, 0.3) is 0 Å². The quantitative estimate of drug-likeness (QED) is 0.816. The molecule has 2 fully saturated rings. The summed E-state index contributed by atoms with van der Waals surface area (Å²) >= 11 is 5.73. The highest BCUT2D eigenvalue weighted by atomic mass is 35.5. The summed E-state index contributed by atoms with van der Waals surface area (Å²) in [6, 6.07) is 4.09. The van der Waals surface area contributed by atoms with Crippen LogP contribution in [0.2, 0.25) is 5.02 Å². The van der Waals surface area contributed by atoms with Crippen molar-refractivity contribution in [2.75, 3.05) is 31.5 Å². The smallest absolute Gasteiger partial charge is 0.321 e. The number of anilines is 1. The van der Waals surface area contributed by atoms with Crippen molar-refractivity contribution in [3.05, 3.63) is 29.0 Å². The number of amides is 2. The fourth-order valence-electron chi connectivity index (χ4n) is 3.25. The number of piperidine rings is 1. The maximum atomic E-state index is 13.1. The van der Waals surface area contributed by atoms with E-state index in [4.69, 9.17) is 11.6 Å². The largest absolute Gasteiger partial charge is 0.324 e. The van der Waals surface area contributed by atoms with Crippen LogP contribution < -0.4 is 10.6 Å². The van der Waals surface area contributed by atoms with E-state index in [1.54, 1.807) is 0 Å². The van der Waals surface area contributed by atoms with Gasteiger partial charge in [0.05, 0.1) is 5.02 Å². The zero-order valence-electron chi connectivity index (χ0n) is 12.2. The van der Waals surface area contributed by atoms with Gasteiger partial charge in [0.15, 0.2) is 0 Å². The minimum Gasteiger partial charge on any atom is -0.324 e. The van der Waals surface area contributed by atoms with E-state index in [0.29, 0.717) is 5.69 Å². The lowest BCUT2D eigenvalue weighted by molar-refractivity contribution is 0.191. The first-order valence-corrected chi connectivity index (χ1v) is 7.68. The minimum atomic E-state index is -0.482. The molecular weight excluding hydrogens is 328 g/mol. The number of carbonyl (C=O) groups excluding carboxylic acids is 1. The van der Waals surface area contributed by atoms with Gasteiger partial charge in [-0.3, -0.25) is 0 Å². The molecule has 0 bridgehead atoms. The SMILES string of the molecule is Cl.O=C(Nc1ccc(F)c(Cl)c1)N1CCC2(CCNCC2)C1. The molecule has 122 valence electrons. The lowest BCUT2D eigenvalue weighted by Crippen LogP contribution is -2.40. The molecule has 0 saturated carbocycles. The summed E-state index contributed by atoms with van der Waals surface area (Å²) in [6.45, 7) is 3.64. The van der Waals surface area contributed by atoms with Crippen molar-refractivity contribution in [1.29, 1.82) is 0 Å². The van der Waals surface area contributed by atoms with Crippen molar-refractivity contribution in [3.63, 3.8) is 0 Å². The van der Waals surface area contributed by atoms with Crippen molar-refractivity contribution < 1.29 is 9.18 Å². The molecular formula is C15H20Cl2FN3O. The van der Waals surface area contributed by atoms with Gasteiger partial charge in [-0.2, -0.15) is 0 Å². The Balaban J connectivity index is 0.00000176. The molecule has 1 spiro atoms. The van der Waals surface area contributed by atoms with E-state index in [1.807, 2.05) is 4.90 Å². The normalized spacial score (nSPS) is 19.8. The fraction of sp³-hybridized carbons (Fsp3) is 0.533. The third-order valence-corrected chi connectivity index (χ3v) is 4.85. The zero-order chi connectivity index (χ0) is 14.9. The average Bonchev–Trinajstić information content (AvgIpc) is 2.87. The Labute approximate surface area is 140 Å². The van der Waals surface area contributed by atoms with E-state index in [-0.39, 0.29) is 28.9 Å². The Kier molecular flexibility index (Phi) is 5.53. The number of halogens is 3. The van der Waals surface area contributed by atoms with Gasteiger partial charge in [-0.15, -0.1) is 12.4 Å². The number of hydrogen-bond donors (Lipinski definition) is 2. The maximum absolute atomic E-state index is 13.1. The van der Waals surface area contributed by atoms with Gasteiger partial charge in [-0.1, -0.05) is 11.6 Å². The molecule has 2 heterocycles. The molecule has 1 aromatic rings. The highest BCUT2D eigenvalue weighted by molar-refractivity contribution is 6.31. The van der Waals surface area contributed by atoms with Crippen molar-refractivity contribution in [1.82, 2.24) is 10.2 Å². The van der Waals surface area contributed by atoms with Crippen molar-refractivity contribution in [2.45, 2.75) is 19.3 Å². The topological polar surface area (TPSA) is 44.4 Å². The summed E-state index contributed by atoms with van der Waals surface area (Å²) in [7, 11) is 0. The van der Waals surface area contributed by atoms with Gasteiger partial charge in [0, 0.05) is 18.8 Å². The second-order valence-corrected chi connectivity index (χ2v) is 6.39. The number of urea groups is 1. The zero-order valence-corrected chi connectivity index (χ0v) is 13.8. The average molecular weight is 348 g/mol. The predicted molar refractivity (Wildman–Crippen MR) is 88.4 cm³/mol. The molecule has 3 rings (SSSR count). The van der Waals surface area contributed by atoms with Crippen LogP contribution in [-0.4, -0.2) is 37.1 Å². The Morgan fingerprint density at radius 2 is 2.05 bits per heavy atom. The molecule has 0 radical (unpaired) electrons. The molecule has 4 nitrogen and oxygen atoms in total. The lowest BCUT2D eigenvalue weighted by atomic mass is 9.78. The highest BCUT2D eigenvalue weighted by Gasteiger charge is 2.40. The van der Waals surface area contributed by atoms with Crippen LogP contribution in [0.3, 0.4) is 0 Å². The van der Waals surface area contributed by atoms with Gasteiger partial charge in [0.2, 0.25) is 0 Å². The van der Waals surface area contributed by atoms with E-state index in [1.165, 1.54) is 18.2 Å². The summed E-state index contributed by atoms with van der Waals surface area (Å²) in [5, 5.41) is 6.17. The standard InChI is InChI=1S/C15H19ClFN3O.ClH/c16-12-9-11(1-2-13(12)17)19-14(21)20-8-5-15(10-20)3-6-18-7-4-15;/h1-2,9,18H,3-8,10H2,(H,19,21);1H. The third kappa shape index (κ3) is 3.65. The fourth-order valence-corrected chi connectivity index (χ4v) is 3.43. The Hall–Kier alpha value is -1.04. The molecule has 0 aliphatic carbocycles. The molecule has 2 saturated heterocycles. The molecule has 0 atom stereocenters. The van der Waals surface area contributed by atoms with Crippen LogP contribution in [0.5, 0.6) is 0 Å². The molecule has 0 aromatic heterocycles. The lowest BCUT2D eigenvalue weighted by Gasteiger charge is -2.33. The predicted octanol–water partition coefficient (Wildman–Crippen LogP) is 3.51. The second kappa shape index (κ2) is 7.02. The number of rotatable bonds is 1. The first-order valence-electron chi connectivity index (χ1n) is 7.30. The number of nitrogens with zero attached hydrogens (tertiary/aromatic N) is 1. The van der Waals surface area contributed by atoms with Crippen molar-refractivity contribution in [3.8, 4) is 0 Å². The van der Waals surface area contributed by atoms with Gasteiger partial charge in [0.1, 0.15) is 5.82 Å². The van der Waals surface area contributed by atoms with Crippen LogP contribution in [0, 0.1) is 11.2 Å². The summed E-state index contributed by atoms with van der Waals surface area (Å²) in [4.78, 5) is 14.1. The van der Waals surface area contributed by atoms with Crippen LogP contribution in [0.15, 0.2) is 18.2 Å². The van der Waals surface area contributed by atoms with E-state index in [9.17, 15) is 9.18 Å². The summed E-state index contributed by atoms with van der Waals surface area (Å²) in [5.74, 6) is -0.482. The Morgan fingerprint density at radius 1 is 1.32 bits per heavy atom. The molecule has 2 aliphatic heterocycles. The summed E-state index contributed by atoms with van der Waals surface area (Å²) < 4.78 is 13.1. The van der Waals surface area contributed by atoms with E-state index < -0.39 is 5.82 Å². The van der Waals surface area contributed by atoms with E-state index in [2.05, 4.69) is 10.6 Å². The molecule has 0 unspecified atom stereocenters. The van der Waals surface area contributed by atoms with Gasteiger partial charge < -0.3 is 15.5 Å². The van der Waals surface area contributed by atoms with Crippen LogP contribution in [-0.2, 0) is 0 Å². The number of hydrogen-bond acceptors (Lipinski definition) is 2. The number of nitrogens with one attached hydrogen (secondary N) is 2. The first-order chi connectivity index (χ1) is 10.1. The highest BCUT2D eigenvalue weighted by Crippen LogP contribution is 2.38. The monoisotopic (exact) mass is 347 g/mol. The van der Waals surface area contributed by atoms with E-state index in [0.717, 1.165) is 45.4 Å². The van der Waals surface area contributed by atoms with Gasteiger partial charge in [-0.05, 0) is 56.0 Å². The molecule has 2 N–H and O–H groups in total. The van der Waals surface area contributed by atoms with Crippen molar-refractivity contribution in [2.24, 2.45) is 5.41 Å². The number of likely N-dealkylation sites (tertiary alicyclic amines) is 1. The Morgan fingerprint density at radius 3 is 2.73 bits per heavy atom. The van der Waals surface area contributed by atoms with Crippen molar-refractivity contribution >= 4 is 35.7 Å². The first kappa shape index (κ1) is 17.3. The second-order valence-electron chi connectivity index (χ2n) is 5.98. The molecule has 7 heteroatoms. The number of benzene rings is 1. The van der Waals surface area contributed by atoms with Gasteiger partial charge >= 0.3 is 6.03 Å². The van der Waals surface area contributed by atoms with E-state index >= 15 is 0 Å². The summed E-state index contributed by atoms with van der Waals surface area (Å²) in [5.41, 5.74) is 0.806. The van der Waals surface area contributed by atoms with Crippen LogP contribution in [0.1, 0.15) is 19.3 Å². The minimum absolute atomic E-state index is 0. The third-order valence-electron chi connectivity index (χ3n) is 4.56. The molecule has 2 amide bonds. The van der Waals surface area contributed by atoms with Crippen LogP contribution >= 0.6 is 24.0 Å². The molecule has 1 aromatic carbocycles. The summed E-state index contributed by atoms with van der Waals surface area (Å²) in [6.07, 6.45) is 3.31. The Bertz CT molecular complexity index is 550. The maximum Gasteiger partial charge on any atom is 0.321 e. The van der Waals surface area contributed by atoms with Crippen LogP contribution in [0.4, 0.5) is 14.9 Å². The van der Waals surface area contributed by atoms with Gasteiger partial charge in [0.25, 0.3) is 0 Å². The number of carbonyl (C=O) groups is 1. The molecule has 2 aliphatic rings. The molecule has 22 heavy (non-hydrogen) atoms.